The number of anilines is 1. The van der Waals surface area contributed by atoms with Crippen molar-refractivity contribution in [1.82, 2.24) is 19.9 Å². The molecule has 1 aliphatic rings. The molecule has 0 saturated carbocycles. The molecule has 0 bridgehead atoms. The molecule has 32 heavy (non-hydrogen) atoms. The fourth-order valence-corrected chi connectivity index (χ4v) is 3.66. The maximum atomic E-state index is 12.8. The standard InChI is InChI=1S/C24H22ClN5O2/c1-15-3-4-17(14-27-15)5-7-19-16(2)28-24(26)29-22(19)18-6-8-20(21(25)13-18)23(31)30-9-11-32-12-10-30/h3-4,6,8,13-14H,9-12H2,1-2H3,(H2,26,28,29). The Morgan fingerprint density at radius 3 is 2.59 bits per heavy atom. The Kier molecular flexibility index (Phi) is 6.35. The van der Waals surface area contributed by atoms with Crippen molar-refractivity contribution >= 4 is 23.5 Å². The predicted molar refractivity (Wildman–Crippen MR) is 123 cm³/mol. The molecule has 7 nitrogen and oxygen atoms in total. The number of amides is 1. The van der Waals surface area contributed by atoms with Gasteiger partial charge in [0.1, 0.15) is 0 Å². The van der Waals surface area contributed by atoms with Crippen LogP contribution in [0.25, 0.3) is 11.3 Å². The highest BCUT2D eigenvalue weighted by molar-refractivity contribution is 6.34. The van der Waals surface area contributed by atoms with Crippen molar-refractivity contribution in [2.45, 2.75) is 13.8 Å². The van der Waals surface area contributed by atoms with E-state index in [9.17, 15) is 4.79 Å². The molecule has 0 atom stereocenters. The molecule has 1 fully saturated rings. The van der Waals surface area contributed by atoms with Crippen LogP contribution in [0.1, 0.15) is 32.9 Å². The van der Waals surface area contributed by atoms with E-state index in [4.69, 9.17) is 22.1 Å². The number of nitrogens with two attached hydrogens (primary N) is 1. The van der Waals surface area contributed by atoms with Gasteiger partial charge in [0, 0.05) is 36.1 Å². The van der Waals surface area contributed by atoms with Crippen molar-refractivity contribution in [2.75, 3.05) is 32.0 Å². The van der Waals surface area contributed by atoms with Gasteiger partial charge in [-0.2, -0.15) is 0 Å². The second-order valence-corrected chi connectivity index (χ2v) is 7.84. The van der Waals surface area contributed by atoms with Gasteiger partial charge < -0.3 is 15.4 Å². The minimum Gasteiger partial charge on any atom is -0.378 e. The third-order valence-corrected chi connectivity index (χ3v) is 5.43. The first-order valence-electron chi connectivity index (χ1n) is 10.2. The van der Waals surface area contributed by atoms with Crippen LogP contribution in [-0.2, 0) is 4.74 Å². The molecule has 2 aromatic heterocycles. The van der Waals surface area contributed by atoms with Crippen LogP contribution in [0.4, 0.5) is 5.95 Å². The molecule has 8 heteroatoms. The van der Waals surface area contributed by atoms with E-state index in [1.807, 2.05) is 26.0 Å². The summed E-state index contributed by atoms with van der Waals surface area (Å²) in [6.07, 6.45) is 1.72. The summed E-state index contributed by atoms with van der Waals surface area (Å²) < 4.78 is 5.32. The quantitative estimate of drug-likeness (QED) is 0.606. The van der Waals surface area contributed by atoms with E-state index in [0.717, 1.165) is 11.3 Å². The molecule has 1 amide bonds. The minimum absolute atomic E-state index is 0.116. The number of benzene rings is 1. The van der Waals surface area contributed by atoms with Gasteiger partial charge in [0.15, 0.2) is 0 Å². The van der Waals surface area contributed by atoms with E-state index in [-0.39, 0.29) is 11.9 Å². The predicted octanol–water partition coefficient (Wildman–Crippen LogP) is 3.26. The summed E-state index contributed by atoms with van der Waals surface area (Å²) in [5, 5.41) is 0.343. The highest BCUT2D eigenvalue weighted by atomic mass is 35.5. The van der Waals surface area contributed by atoms with Gasteiger partial charge in [0.05, 0.1) is 40.8 Å². The largest absolute Gasteiger partial charge is 0.378 e. The minimum atomic E-state index is -0.116. The molecule has 4 rings (SSSR count). The molecule has 0 spiro atoms. The van der Waals surface area contributed by atoms with Crippen LogP contribution in [0, 0.1) is 25.7 Å². The Morgan fingerprint density at radius 1 is 1.12 bits per heavy atom. The summed E-state index contributed by atoms with van der Waals surface area (Å²) in [4.78, 5) is 27.5. The Bertz CT molecular complexity index is 1230. The van der Waals surface area contributed by atoms with Gasteiger partial charge in [-0.25, -0.2) is 9.97 Å². The lowest BCUT2D eigenvalue weighted by Crippen LogP contribution is -2.40. The smallest absolute Gasteiger partial charge is 0.255 e. The summed E-state index contributed by atoms with van der Waals surface area (Å²) in [5.41, 5.74) is 10.6. The molecule has 0 unspecified atom stereocenters. The number of carbonyl (C=O) groups excluding carboxylic acids is 1. The number of nitrogens with zero attached hydrogens (tertiary/aromatic N) is 4. The summed E-state index contributed by atoms with van der Waals surface area (Å²) in [7, 11) is 0. The van der Waals surface area contributed by atoms with Gasteiger partial charge in [-0.05, 0) is 38.1 Å². The number of hydrogen-bond donors (Lipinski definition) is 1. The molecule has 162 valence electrons. The van der Waals surface area contributed by atoms with Crippen LogP contribution in [0.15, 0.2) is 36.5 Å². The molecule has 3 heterocycles. The molecule has 2 N–H and O–H groups in total. The van der Waals surface area contributed by atoms with E-state index < -0.39 is 0 Å². The molecule has 1 saturated heterocycles. The van der Waals surface area contributed by atoms with Crippen LogP contribution in [0.3, 0.4) is 0 Å². The van der Waals surface area contributed by atoms with Crippen LogP contribution in [0.2, 0.25) is 5.02 Å². The van der Waals surface area contributed by atoms with Crippen molar-refractivity contribution in [1.29, 1.82) is 0 Å². The van der Waals surface area contributed by atoms with Crippen molar-refractivity contribution in [3.63, 3.8) is 0 Å². The number of aromatic nitrogens is 3. The maximum Gasteiger partial charge on any atom is 0.255 e. The van der Waals surface area contributed by atoms with Gasteiger partial charge in [-0.15, -0.1) is 0 Å². The number of morpholine rings is 1. The van der Waals surface area contributed by atoms with E-state index in [1.54, 1.807) is 29.3 Å². The fraction of sp³-hybridized carbons (Fsp3) is 0.250. The van der Waals surface area contributed by atoms with Crippen molar-refractivity contribution in [3.8, 4) is 23.1 Å². The monoisotopic (exact) mass is 447 g/mol. The summed E-state index contributed by atoms with van der Waals surface area (Å²) >= 11 is 6.52. The normalized spacial score (nSPS) is 13.4. The maximum absolute atomic E-state index is 12.8. The number of pyridine rings is 1. The summed E-state index contributed by atoms with van der Waals surface area (Å²) in [6, 6.07) is 9.05. The first-order valence-corrected chi connectivity index (χ1v) is 10.6. The van der Waals surface area contributed by atoms with E-state index in [1.165, 1.54) is 0 Å². The Hall–Kier alpha value is -3.47. The SMILES string of the molecule is Cc1ccc(C#Cc2c(C)nc(N)nc2-c2ccc(C(=O)N3CCOCC3)c(Cl)c2)cn1. The number of hydrogen-bond acceptors (Lipinski definition) is 6. The molecule has 3 aromatic rings. The van der Waals surface area contributed by atoms with Crippen molar-refractivity contribution in [2.24, 2.45) is 0 Å². The molecular formula is C24H22ClN5O2. The Labute approximate surface area is 191 Å². The lowest BCUT2D eigenvalue weighted by molar-refractivity contribution is 0.0303. The van der Waals surface area contributed by atoms with Crippen molar-refractivity contribution in [3.05, 3.63) is 69.6 Å². The average molecular weight is 448 g/mol. The Balaban J connectivity index is 1.71. The number of ether oxygens (including phenoxy) is 1. The van der Waals surface area contributed by atoms with E-state index in [2.05, 4.69) is 26.8 Å². The first kappa shape index (κ1) is 21.8. The van der Waals surface area contributed by atoms with Gasteiger partial charge in [-0.3, -0.25) is 9.78 Å². The fourth-order valence-electron chi connectivity index (χ4n) is 3.40. The first-order chi connectivity index (χ1) is 15.4. The van der Waals surface area contributed by atoms with Gasteiger partial charge in [0.2, 0.25) is 5.95 Å². The van der Waals surface area contributed by atoms with E-state index >= 15 is 0 Å². The zero-order chi connectivity index (χ0) is 22.7. The summed E-state index contributed by atoms with van der Waals surface area (Å²) in [5.74, 6) is 6.28. The third kappa shape index (κ3) is 4.72. The van der Waals surface area contributed by atoms with Crippen LogP contribution in [-0.4, -0.2) is 52.1 Å². The molecular weight excluding hydrogens is 426 g/mol. The number of nitrogen functional groups attached to an aromatic ring is 1. The highest BCUT2D eigenvalue weighted by Crippen LogP contribution is 2.29. The molecule has 0 radical (unpaired) electrons. The van der Waals surface area contributed by atoms with Crippen molar-refractivity contribution < 1.29 is 9.53 Å². The molecule has 1 aromatic carbocycles. The summed E-state index contributed by atoms with van der Waals surface area (Å²) in [6.45, 7) is 5.90. The lowest BCUT2D eigenvalue weighted by Gasteiger charge is -2.27. The van der Waals surface area contributed by atoms with Crippen LogP contribution < -0.4 is 5.73 Å². The third-order valence-electron chi connectivity index (χ3n) is 5.12. The number of halogens is 1. The second kappa shape index (κ2) is 9.35. The zero-order valence-corrected chi connectivity index (χ0v) is 18.6. The average Bonchev–Trinajstić information content (AvgIpc) is 2.79. The van der Waals surface area contributed by atoms with E-state index in [0.29, 0.717) is 59.4 Å². The van der Waals surface area contributed by atoms with Gasteiger partial charge >= 0.3 is 0 Å². The molecule has 0 aliphatic carbocycles. The highest BCUT2D eigenvalue weighted by Gasteiger charge is 2.21. The second-order valence-electron chi connectivity index (χ2n) is 7.43. The van der Waals surface area contributed by atoms with Crippen LogP contribution in [0.5, 0.6) is 0 Å². The van der Waals surface area contributed by atoms with Gasteiger partial charge in [0.25, 0.3) is 5.91 Å². The topological polar surface area (TPSA) is 94.2 Å². The van der Waals surface area contributed by atoms with Crippen LogP contribution >= 0.6 is 11.6 Å². The zero-order valence-electron chi connectivity index (χ0n) is 17.9. The lowest BCUT2D eigenvalue weighted by atomic mass is 10.0. The van der Waals surface area contributed by atoms with Gasteiger partial charge in [-0.1, -0.05) is 29.5 Å². The number of aryl methyl sites for hydroxylation is 2. The molecule has 1 aliphatic heterocycles. The Morgan fingerprint density at radius 2 is 1.91 bits per heavy atom. The number of rotatable bonds is 2. The number of carbonyl (C=O) groups is 1.